The standard InChI is InChI=1S/C26H33F3N4O5/c1-5-38-22(35)23(2,3)25(36,26(27,28)29)16-7-9-17(10-8-16)32-20(30)19-18(11-13-31-21(19)34)33-24(4)12-6-14-37-15-24/h7-11,13,36H,5-6,12,14-15H2,1-4H3,(H2,30,32)(H2,31,33,34). The second kappa shape index (κ2) is 10.8. The Hall–Kier alpha value is -3.38. The quantitative estimate of drug-likeness (QED) is 0.228. The molecule has 0 spiro atoms. The van der Waals surface area contributed by atoms with Crippen molar-refractivity contribution in [3.8, 4) is 0 Å². The highest BCUT2D eigenvalue weighted by Gasteiger charge is 2.66. The van der Waals surface area contributed by atoms with E-state index in [2.05, 4.69) is 15.3 Å². The van der Waals surface area contributed by atoms with Crippen LogP contribution in [0.1, 0.15) is 51.7 Å². The van der Waals surface area contributed by atoms with E-state index in [0.717, 1.165) is 38.8 Å². The van der Waals surface area contributed by atoms with Gasteiger partial charge in [0.15, 0.2) is 0 Å². The number of aliphatic hydroxyl groups is 1. The Bertz CT molecular complexity index is 1230. The van der Waals surface area contributed by atoms with Gasteiger partial charge in [-0.1, -0.05) is 12.1 Å². The van der Waals surface area contributed by atoms with E-state index in [1.807, 2.05) is 6.92 Å². The van der Waals surface area contributed by atoms with Crippen molar-refractivity contribution in [2.45, 2.75) is 57.9 Å². The molecule has 2 aromatic rings. The van der Waals surface area contributed by atoms with Crippen LogP contribution in [0.3, 0.4) is 0 Å². The first-order valence-corrected chi connectivity index (χ1v) is 12.2. The fraction of sp³-hybridized carbons (Fsp3) is 0.500. The van der Waals surface area contributed by atoms with E-state index in [9.17, 15) is 27.9 Å². The predicted molar refractivity (Wildman–Crippen MR) is 136 cm³/mol. The second-order valence-electron chi connectivity index (χ2n) is 10.0. The number of ether oxygens (including phenoxy) is 2. The molecular formula is C26H33F3N4O5. The SMILES string of the molecule is CCOC(=O)C(C)(C)C(O)(c1ccc(N=C(N)c2c(NC3(C)CCCOC3)cc[nH]c2=O)cc1)C(F)(F)F. The number of H-pyrrole nitrogens is 1. The van der Waals surface area contributed by atoms with E-state index in [-0.39, 0.29) is 23.7 Å². The smallest absolute Gasteiger partial charge is 0.422 e. The topological polar surface area (TPSA) is 139 Å². The highest BCUT2D eigenvalue weighted by atomic mass is 19.4. The van der Waals surface area contributed by atoms with E-state index < -0.39 is 39.8 Å². The largest absolute Gasteiger partial charge is 0.465 e. The molecule has 0 bridgehead atoms. The number of alkyl halides is 3. The van der Waals surface area contributed by atoms with Crippen LogP contribution in [0.5, 0.6) is 0 Å². The first kappa shape index (κ1) is 29.2. The Kier molecular flexibility index (Phi) is 8.27. The van der Waals surface area contributed by atoms with Gasteiger partial charge in [0.1, 0.15) is 16.8 Å². The zero-order valence-electron chi connectivity index (χ0n) is 21.7. The number of aromatic nitrogens is 1. The van der Waals surface area contributed by atoms with Gasteiger partial charge in [0, 0.05) is 12.8 Å². The van der Waals surface area contributed by atoms with Crippen LogP contribution in [-0.4, -0.2) is 53.4 Å². The lowest BCUT2D eigenvalue weighted by Gasteiger charge is -2.42. The van der Waals surface area contributed by atoms with Crippen LogP contribution < -0.4 is 16.6 Å². The minimum absolute atomic E-state index is 0.0682. The number of halogens is 3. The normalized spacial score (nSPS) is 20.5. The van der Waals surface area contributed by atoms with E-state index >= 15 is 0 Å². The number of hydrogen-bond donors (Lipinski definition) is 4. The Labute approximate surface area is 218 Å². The average Bonchev–Trinajstić information content (AvgIpc) is 2.83. The number of amidine groups is 1. The van der Waals surface area contributed by atoms with E-state index in [4.69, 9.17) is 15.2 Å². The molecule has 3 rings (SSSR count). The summed E-state index contributed by atoms with van der Waals surface area (Å²) in [6.45, 7) is 6.29. The molecule has 12 heteroatoms. The van der Waals surface area contributed by atoms with Crippen LogP contribution in [0, 0.1) is 5.41 Å². The third-order valence-corrected chi connectivity index (χ3v) is 6.73. The average molecular weight is 539 g/mol. The van der Waals surface area contributed by atoms with Gasteiger partial charge in [0.05, 0.1) is 30.1 Å². The molecule has 2 atom stereocenters. The monoisotopic (exact) mass is 538 g/mol. The molecule has 1 saturated heterocycles. The van der Waals surface area contributed by atoms with Crippen LogP contribution in [0.4, 0.5) is 24.5 Å². The first-order valence-electron chi connectivity index (χ1n) is 12.2. The molecule has 1 fully saturated rings. The van der Waals surface area contributed by atoms with Crippen molar-refractivity contribution in [3.05, 3.63) is 58.0 Å². The van der Waals surface area contributed by atoms with Crippen molar-refractivity contribution in [1.29, 1.82) is 0 Å². The maximum atomic E-state index is 14.2. The fourth-order valence-electron chi connectivity index (χ4n) is 4.50. The highest BCUT2D eigenvalue weighted by molar-refractivity contribution is 6.03. The zero-order valence-corrected chi connectivity index (χ0v) is 21.7. The molecule has 2 unspecified atom stereocenters. The van der Waals surface area contributed by atoms with Gasteiger partial charge in [-0.2, -0.15) is 13.2 Å². The van der Waals surface area contributed by atoms with Crippen molar-refractivity contribution in [2.24, 2.45) is 16.1 Å². The third-order valence-electron chi connectivity index (χ3n) is 6.73. The van der Waals surface area contributed by atoms with Gasteiger partial charge in [0.25, 0.3) is 5.56 Å². The molecule has 1 aliphatic heterocycles. The zero-order chi connectivity index (χ0) is 28.4. The first-order chi connectivity index (χ1) is 17.7. The summed E-state index contributed by atoms with van der Waals surface area (Å²) >= 11 is 0. The van der Waals surface area contributed by atoms with E-state index in [0.29, 0.717) is 18.9 Å². The van der Waals surface area contributed by atoms with Gasteiger partial charge in [-0.3, -0.25) is 9.59 Å². The molecule has 0 amide bonds. The summed E-state index contributed by atoms with van der Waals surface area (Å²) in [6, 6.07) is 6.08. The van der Waals surface area contributed by atoms with Crippen LogP contribution in [0.25, 0.3) is 0 Å². The summed E-state index contributed by atoms with van der Waals surface area (Å²) in [6.07, 6.45) is -2.09. The second-order valence-corrected chi connectivity index (χ2v) is 10.0. The molecule has 208 valence electrons. The molecule has 38 heavy (non-hydrogen) atoms. The van der Waals surface area contributed by atoms with Crippen LogP contribution >= 0.6 is 0 Å². The molecule has 1 aliphatic rings. The van der Waals surface area contributed by atoms with E-state index in [1.165, 1.54) is 25.3 Å². The lowest BCUT2D eigenvalue weighted by atomic mass is 9.70. The molecule has 1 aromatic carbocycles. The number of nitrogens with zero attached hydrogens (tertiary/aromatic N) is 1. The molecule has 0 aliphatic carbocycles. The van der Waals surface area contributed by atoms with Gasteiger partial charge in [-0.05, 0) is 64.3 Å². The number of carbonyl (C=O) groups excluding carboxylic acids is 1. The number of nitrogens with two attached hydrogens (primary N) is 1. The summed E-state index contributed by atoms with van der Waals surface area (Å²) < 4.78 is 52.9. The van der Waals surface area contributed by atoms with Crippen LogP contribution in [0.15, 0.2) is 46.3 Å². The Morgan fingerprint density at radius 3 is 2.47 bits per heavy atom. The number of esters is 1. The number of hydrogen-bond acceptors (Lipinski definition) is 7. The van der Waals surface area contributed by atoms with Crippen molar-refractivity contribution in [2.75, 3.05) is 25.1 Å². The van der Waals surface area contributed by atoms with Gasteiger partial charge >= 0.3 is 12.1 Å². The maximum Gasteiger partial charge on any atom is 0.422 e. The molecule has 1 aromatic heterocycles. The van der Waals surface area contributed by atoms with Crippen molar-refractivity contribution in [3.63, 3.8) is 0 Å². The summed E-state index contributed by atoms with van der Waals surface area (Å²) in [5, 5.41) is 14.2. The van der Waals surface area contributed by atoms with Gasteiger partial charge in [0.2, 0.25) is 5.60 Å². The third kappa shape index (κ3) is 5.56. The lowest BCUT2D eigenvalue weighted by Crippen LogP contribution is -2.57. The fourth-order valence-corrected chi connectivity index (χ4v) is 4.50. The van der Waals surface area contributed by atoms with E-state index in [1.54, 1.807) is 6.07 Å². The summed E-state index contributed by atoms with van der Waals surface area (Å²) in [4.78, 5) is 31.8. The van der Waals surface area contributed by atoms with Crippen molar-refractivity contribution < 1.29 is 32.5 Å². The lowest BCUT2D eigenvalue weighted by molar-refractivity contribution is -0.303. The Morgan fingerprint density at radius 1 is 1.26 bits per heavy atom. The van der Waals surface area contributed by atoms with Crippen LogP contribution in [-0.2, 0) is 19.9 Å². The number of aliphatic imine (C=N–C) groups is 1. The number of pyridine rings is 1. The molecule has 0 saturated carbocycles. The Balaban J connectivity index is 1.98. The minimum Gasteiger partial charge on any atom is -0.465 e. The Morgan fingerprint density at radius 2 is 1.92 bits per heavy atom. The molecule has 9 nitrogen and oxygen atoms in total. The molecule has 2 heterocycles. The van der Waals surface area contributed by atoms with Gasteiger partial charge < -0.3 is 30.6 Å². The van der Waals surface area contributed by atoms with Crippen molar-refractivity contribution >= 4 is 23.2 Å². The summed E-state index contributed by atoms with van der Waals surface area (Å²) in [5.41, 5.74) is -0.614. The van der Waals surface area contributed by atoms with Crippen molar-refractivity contribution in [1.82, 2.24) is 4.98 Å². The number of carbonyl (C=O) groups is 1. The molecule has 0 radical (unpaired) electrons. The summed E-state index contributed by atoms with van der Waals surface area (Å²) in [7, 11) is 0. The van der Waals surface area contributed by atoms with Crippen LogP contribution in [0.2, 0.25) is 0 Å². The maximum absolute atomic E-state index is 14.2. The summed E-state index contributed by atoms with van der Waals surface area (Å²) in [5.74, 6) is -1.37. The predicted octanol–water partition coefficient (Wildman–Crippen LogP) is 3.73. The molecular weight excluding hydrogens is 505 g/mol. The van der Waals surface area contributed by atoms with Gasteiger partial charge in [-0.15, -0.1) is 0 Å². The number of benzene rings is 1. The number of rotatable bonds is 8. The number of aromatic amines is 1. The minimum atomic E-state index is -5.20. The molecule has 5 N–H and O–H groups in total. The highest BCUT2D eigenvalue weighted by Crippen LogP contribution is 2.51. The number of nitrogens with one attached hydrogen (secondary N) is 2. The van der Waals surface area contributed by atoms with Gasteiger partial charge in [-0.25, -0.2) is 4.99 Å². The number of anilines is 1.